The zero-order valence-electron chi connectivity index (χ0n) is 13.9. The average Bonchev–Trinajstić information content (AvgIpc) is 3.03. The van der Waals surface area contributed by atoms with Crippen LogP contribution in [0, 0.1) is 0 Å². The van der Waals surface area contributed by atoms with Crippen LogP contribution < -0.4 is 5.32 Å². The van der Waals surface area contributed by atoms with Crippen LogP contribution in [0.4, 0.5) is 19.1 Å². The molecule has 0 atom stereocenters. The molecule has 28 heavy (non-hydrogen) atoms. The molecule has 2 heterocycles. The number of amides is 1. The quantitative estimate of drug-likeness (QED) is 0.510. The van der Waals surface area contributed by atoms with Gasteiger partial charge in [-0.05, 0) is 5.56 Å². The maximum absolute atomic E-state index is 12.4. The fourth-order valence-corrected chi connectivity index (χ4v) is 2.39. The molecule has 3 aromatic rings. The highest BCUT2D eigenvalue weighted by atomic mass is 35.5. The van der Waals surface area contributed by atoms with E-state index in [-0.39, 0.29) is 29.5 Å². The first kappa shape index (κ1) is 19.5. The average molecular weight is 414 g/mol. The number of hydrogen-bond donors (Lipinski definition) is 1. The number of alkyl halides is 3. The molecule has 0 aliphatic heterocycles. The second-order valence-electron chi connectivity index (χ2n) is 5.48. The highest BCUT2D eigenvalue weighted by Gasteiger charge is 2.39. The fraction of sp³-hybridized carbons (Fsp3) is 0.188. The van der Waals surface area contributed by atoms with Crippen molar-refractivity contribution in [3.05, 3.63) is 47.4 Å². The highest BCUT2D eigenvalue weighted by Crippen LogP contribution is 2.22. The summed E-state index contributed by atoms with van der Waals surface area (Å²) >= 11 is 5.88. The van der Waals surface area contributed by atoms with E-state index in [1.165, 1.54) is 16.2 Å². The molecule has 0 aliphatic rings. The van der Waals surface area contributed by atoms with Gasteiger partial charge in [-0.1, -0.05) is 41.9 Å². The monoisotopic (exact) mass is 413 g/mol. The van der Waals surface area contributed by atoms with Crippen molar-refractivity contribution >= 4 is 40.6 Å². The molecule has 0 unspecified atom stereocenters. The Kier molecular flexibility index (Phi) is 5.45. The van der Waals surface area contributed by atoms with E-state index < -0.39 is 24.0 Å². The molecule has 0 aliphatic carbocycles. The minimum Gasteiger partial charge on any atom is -0.459 e. The molecule has 1 N–H and O–H groups in total. The Morgan fingerprint density at radius 2 is 1.89 bits per heavy atom. The summed E-state index contributed by atoms with van der Waals surface area (Å²) in [5.74, 6) is -3.55. The predicted octanol–water partition coefficient (Wildman–Crippen LogP) is 2.72. The third-order valence-electron chi connectivity index (χ3n) is 3.45. The number of nitrogens with zero attached hydrogens (tertiary/aromatic N) is 4. The van der Waals surface area contributed by atoms with E-state index >= 15 is 0 Å². The van der Waals surface area contributed by atoms with Crippen molar-refractivity contribution in [2.45, 2.75) is 19.3 Å². The molecule has 0 saturated carbocycles. The number of halogens is 4. The van der Waals surface area contributed by atoms with Crippen LogP contribution in [0.15, 0.2) is 36.7 Å². The lowest BCUT2D eigenvalue weighted by Gasteiger charge is -2.08. The number of imidazole rings is 1. The molecular weight excluding hydrogens is 403 g/mol. The van der Waals surface area contributed by atoms with Gasteiger partial charge in [0.05, 0.1) is 6.33 Å². The summed E-state index contributed by atoms with van der Waals surface area (Å²) < 4.78 is 43.5. The van der Waals surface area contributed by atoms with Crippen LogP contribution in [-0.2, 0) is 27.5 Å². The maximum Gasteiger partial charge on any atom is 0.471 e. The molecular formula is C16H11ClF3N5O3. The smallest absolute Gasteiger partial charge is 0.459 e. The molecule has 12 heteroatoms. The van der Waals surface area contributed by atoms with Gasteiger partial charge in [0.15, 0.2) is 10.8 Å². The van der Waals surface area contributed by atoms with Crippen molar-refractivity contribution in [1.82, 2.24) is 19.5 Å². The van der Waals surface area contributed by atoms with Crippen LogP contribution in [0.1, 0.15) is 5.56 Å². The van der Waals surface area contributed by atoms with E-state index in [1.54, 1.807) is 24.3 Å². The molecule has 0 bridgehead atoms. The predicted molar refractivity (Wildman–Crippen MR) is 91.3 cm³/mol. The van der Waals surface area contributed by atoms with Gasteiger partial charge in [-0.3, -0.25) is 14.9 Å². The molecule has 8 nitrogen and oxygen atoms in total. The Labute approximate surface area is 160 Å². The number of carbonyl (C=O) groups is 2. The number of nitrogens with one attached hydrogen (secondary N) is 1. The van der Waals surface area contributed by atoms with Gasteiger partial charge < -0.3 is 9.30 Å². The lowest BCUT2D eigenvalue weighted by atomic mass is 10.2. The second-order valence-corrected chi connectivity index (χ2v) is 5.84. The summed E-state index contributed by atoms with van der Waals surface area (Å²) in [5, 5.41) is 1.23. The van der Waals surface area contributed by atoms with Crippen molar-refractivity contribution in [2.75, 3.05) is 5.32 Å². The van der Waals surface area contributed by atoms with Gasteiger partial charge in [0, 0.05) is 0 Å². The van der Waals surface area contributed by atoms with Gasteiger partial charge in [-0.25, -0.2) is 4.98 Å². The zero-order chi connectivity index (χ0) is 20.3. The van der Waals surface area contributed by atoms with E-state index in [1.807, 2.05) is 6.07 Å². The number of anilines is 1. The van der Waals surface area contributed by atoms with Crippen LogP contribution in [-0.4, -0.2) is 37.6 Å². The van der Waals surface area contributed by atoms with E-state index in [4.69, 9.17) is 16.3 Å². The van der Waals surface area contributed by atoms with Gasteiger partial charge in [0.2, 0.25) is 5.95 Å². The summed E-state index contributed by atoms with van der Waals surface area (Å²) in [6.45, 7) is -0.266. The molecule has 0 fully saturated rings. The summed E-state index contributed by atoms with van der Waals surface area (Å²) in [5.41, 5.74) is 0.811. The van der Waals surface area contributed by atoms with Crippen molar-refractivity contribution in [2.24, 2.45) is 0 Å². The van der Waals surface area contributed by atoms with Crippen molar-refractivity contribution in [3.63, 3.8) is 0 Å². The van der Waals surface area contributed by atoms with E-state index in [0.717, 1.165) is 5.56 Å². The SMILES string of the molecule is O=C(Cn1cnc2c(Cl)nc(NC(=O)C(F)(F)F)nc21)OCc1ccccc1. The Morgan fingerprint density at radius 3 is 2.57 bits per heavy atom. The highest BCUT2D eigenvalue weighted by molar-refractivity contribution is 6.33. The molecule has 1 amide bonds. The van der Waals surface area contributed by atoms with E-state index in [9.17, 15) is 22.8 Å². The number of carbonyl (C=O) groups excluding carboxylic acids is 2. The zero-order valence-corrected chi connectivity index (χ0v) is 14.7. The lowest BCUT2D eigenvalue weighted by Crippen LogP contribution is -2.30. The Hall–Kier alpha value is -3.21. The Balaban J connectivity index is 1.76. The summed E-state index contributed by atoms with van der Waals surface area (Å²) in [6.07, 6.45) is -3.91. The van der Waals surface area contributed by atoms with Gasteiger partial charge in [-0.2, -0.15) is 23.1 Å². The molecule has 3 rings (SSSR count). The normalized spacial score (nSPS) is 11.4. The summed E-state index contributed by atoms with van der Waals surface area (Å²) in [7, 11) is 0. The Morgan fingerprint density at radius 1 is 1.18 bits per heavy atom. The van der Waals surface area contributed by atoms with Gasteiger partial charge in [0.1, 0.15) is 18.7 Å². The largest absolute Gasteiger partial charge is 0.471 e. The fourth-order valence-electron chi connectivity index (χ4n) is 2.18. The minimum absolute atomic E-state index is 0.0332. The first-order chi connectivity index (χ1) is 13.2. The molecule has 0 spiro atoms. The van der Waals surface area contributed by atoms with E-state index in [2.05, 4.69) is 15.0 Å². The van der Waals surface area contributed by atoms with Gasteiger partial charge in [0.25, 0.3) is 0 Å². The standard InChI is InChI=1S/C16H11ClF3N5O3/c17-12-11-13(23-15(22-12)24-14(27)16(18,19)20)25(8-21-11)6-10(26)28-7-9-4-2-1-3-5-9/h1-5,8H,6-7H2,(H,22,23,24,27). The number of fused-ring (bicyclic) bond motifs is 1. The van der Waals surface area contributed by atoms with Crippen LogP contribution in [0.25, 0.3) is 11.2 Å². The first-order valence-corrected chi connectivity index (χ1v) is 8.08. The van der Waals surface area contributed by atoms with Crippen LogP contribution in [0.2, 0.25) is 5.15 Å². The third-order valence-corrected chi connectivity index (χ3v) is 3.71. The lowest BCUT2D eigenvalue weighted by molar-refractivity contribution is -0.167. The summed E-state index contributed by atoms with van der Waals surface area (Å²) in [4.78, 5) is 34.3. The van der Waals surface area contributed by atoms with Crippen LogP contribution in [0.3, 0.4) is 0 Å². The van der Waals surface area contributed by atoms with Crippen LogP contribution >= 0.6 is 11.6 Å². The van der Waals surface area contributed by atoms with Gasteiger partial charge >= 0.3 is 18.1 Å². The number of benzene rings is 1. The third kappa shape index (κ3) is 4.55. The molecule has 0 saturated heterocycles. The molecule has 1 aromatic carbocycles. The minimum atomic E-state index is -5.12. The van der Waals surface area contributed by atoms with E-state index in [0.29, 0.717) is 0 Å². The first-order valence-electron chi connectivity index (χ1n) is 7.70. The number of rotatable bonds is 5. The number of hydrogen-bond acceptors (Lipinski definition) is 6. The second kappa shape index (κ2) is 7.80. The molecule has 2 aromatic heterocycles. The molecule has 0 radical (unpaired) electrons. The number of esters is 1. The topological polar surface area (TPSA) is 99.0 Å². The molecule has 146 valence electrons. The van der Waals surface area contributed by atoms with Crippen molar-refractivity contribution < 1.29 is 27.5 Å². The Bertz CT molecular complexity index is 1020. The van der Waals surface area contributed by atoms with Crippen molar-refractivity contribution in [1.29, 1.82) is 0 Å². The van der Waals surface area contributed by atoms with Gasteiger partial charge in [-0.15, -0.1) is 0 Å². The maximum atomic E-state index is 12.4. The van der Waals surface area contributed by atoms with Crippen molar-refractivity contribution in [3.8, 4) is 0 Å². The summed E-state index contributed by atoms with van der Waals surface area (Å²) in [6, 6.07) is 8.97. The number of ether oxygens (including phenoxy) is 1. The van der Waals surface area contributed by atoms with Crippen LogP contribution in [0.5, 0.6) is 0 Å². The number of aromatic nitrogens is 4.